The van der Waals surface area contributed by atoms with Crippen molar-refractivity contribution < 1.29 is 9.59 Å². The minimum Gasteiger partial charge on any atom is -0.285 e. The third-order valence-corrected chi connectivity index (χ3v) is 1.54. The summed E-state index contributed by atoms with van der Waals surface area (Å²) in [4.78, 5) is 22.5. The molecule has 0 bridgehead atoms. The first-order valence-corrected chi connectivity index (χ1v) is 2.87. The SMILES string of the molecule is CN1C(=O)CC(C#N)C1=O. The number of carbonyl (C=O) groups excluding carboxylic acids is 2. The van der Waals surface area contributed by atoms with E-state index < -0.39 is 5.92 Å². The molecule has 0 aromatic carbocycles. The lowest BCUT2D eigenvalue weighted by molar-refractivity contribution is -0.137. The lowest BCUT2D eigenvalue weighted by Gasteiger charge is -2.02. The summed E-state index contributed by atoms with van der Waals surface area (Å²) in [6.07, 6.45) is 0.0475. The van der Waals surface area contributed by atoms with Gasteiger partial charge in [-0.05, 0) is 0 Å². The van der Waals surface area contributed by atoms with Crippen LogP contribution in [0.25, 0.3) is 0 Å². The van der Waals surface area contributed by atoms with Gasteiger partial charge in [-0.2, -0.15) is 5.26 Å². The van der Waals surface area contributed by atoms with Gasteiger partial charge in [0.1, 0.15) is 5.92 Å². The van der Waals surface area contributed by atoms with Gasteiger partial charge in [0.05, 0.1) is 12.5 Å². The first kappa shape index (κ1) is 6.75. The number of nitriles is 1. The van der Waals surface area contributed by atoms with Gasteiger partial charge in [0.15, 0.2) is 0 Å². The zero-order chi connectivity index (χ0) is 7.72. The molecule has 0 aromatic rings. The average Bonchev–Trinajstić information content (AvgIpc) is 2.17. The van der Waals surface area contributed by atoms with Gasteiger partial charge in [0, 0.05) is 7.05 Å². The molecule has 1 heterocycles. The predicted molar refractivity (Wildman–Crippen MR) is 31.5 cm³/mol. The van der Waals surface area contributed by atoms with E-state index in [1.807, 2.05) is 0 Å². The zero-order valence-corrected chi connectivity index (χ0v) is 5.50. The summed E-state index contributed by atoms with van der Waals surface area (Å²) in [5, 5.41) is 8.32. The highest BCUT2D eigenvalue weighted by Gasteiger charge is 2.35. The molecule has 4 heteroatoms. The van der Waals surface area contributed by atoms with Gasteiger partial charge >= 0.3 is 0 Å². The molecule has 1 atom stereocenters. The number of nitrogens with zero attached hydrogens (tertiary/aromatic N) is 2. The fraction of sp³-hybridized carbons (Fsp3) is 0.500. The molecule has 4 nitrogen and oxygen atoms in total. The van der Waals surface area contributed by atoms with Crippen LogP contribution in [0.5, 0.6) is 0 Å². The second-order valence-electron chi connectivity index (χ2n) is 2.18. The first-order chi connectivity index (χ1) is 4.66. The molecule has 1 aliphatic heterocycles. The van der Waals surface area contributed by atoms with E-state index >= 15 is 0 Å². The normalized spacial score (nSPS) is 25.2. The molecule has 0 aliphatic carbocycles. The van der Waals surface area contributed by atoms with E-state index in [2.05, 4.69) is 0 Å². The summed E-state index contributed by atoms with van der Waals surface area (Å²) in [5.74, 6) is -1.39. The van der Waals surface area contributed by atoms with Crippen molar-refractivity contribution in [2.24, 2.45) is 5.92 Å². The Morgan fingerprint density at radius 2 is 2.30 bits per heavy atom. The Hall–Kier alpha value is -1.37. The molecule has 0 N–H and O–H groups in total. The van der Waals surface area contributed by atoms with Gasteiger partial charge in [-0.1, -0.05) is 0 Å². The number of hydrogen-bond donors (Lipinski definition) is 0. The van der Waals surface area contributed by atoms with Gasteiger partial charge in [0.25, 0.3) is 0 Å². The second-order valence-corrected chi connectivity index (χ2v) is 2.18. The Balaban J connectivity index is 2.83. The summed E-state index contributed by atoms with van der Waals surface area (Å²) >= 11 is 0. The van der Waals surface area contributed by atoms with E-state index in [1.165, 1.54) is 7.05 Å². The Bertz CT molecular complexity index is 228. The van der Waals surface area contributed by atoms with Gasteiger partial charge in [0.2, 0.25) is 11.8 Å². The molecule has 10 heavy (non-hydrogen) atoms. The maximum Gasteiger partial charge on any atom is 0.246 e. The largest absolute Gasteiger partial charge is 0.285 e. The molecule has 1 saturated heterocycles. The number of rotatable bonds is 0. The molecule has 0 aromatic heterocycles. The standard InChI is InChI=1S/C6H6N2O2/c1-8-5(9)2-4(3-7)6(8)10/h4H,2H2,1H3. The van der Waals surface area contributed by atoms with Crippen LogP contribution in [-0.4, -0.2) is 23.8 Å². The predicted octanol–water partition coefficient (Wildman–Crippen LogP) is -0.485. The van der Waals surface area contributed by atoms with Crippen molar-refractivity contribution in [2.45, 2.75) is 6.42 Å². The molecule has 1 unspecified atom stereocenters. The Labute approximate surface area is 58.0 Å². The summed E-state index contributed by atoms with van der Waals surface area (Å²) < 4.78 is 0. The Morgan fingerprint density at radius 1 is 1.70 bits per heavy atom. The van der Waals surface area contributed by atoms with E-state index in [4.69, 9.17) is 5.26 Å². The van der Waals surface area contributed by atoms with Gasteiger partial charge in [-0.15, -0.1) is 0 Å². The summed E-state index contributed by atoms with van der Waals surface area (Å²) in [7, 11) is 1.39. The number of hydrogen-bond acceptors (Lipinski definition) is 3. The minimum atomic E-state index is -0.738. The fourth-order valence-electron chi connectivity index (χ4n) is 0.856. The van der Waals surface area contributed by atoms with E-state index in [0.717, 1.165) is 4.90 Å². The van der Waals surface area contributed by atoms with Crippen LogP contribution < -0.4 is 0 Å². The van der Waals surface area contributed by atoms with Crippen molar-refractivity contribution in [1.82, 2.24) is 4.90 Å². The van der Waals surface area contributed by atoms with Crippen molar-refractivity contribution in [1.29, 1.82) is 5.26 Å². The maximum absolute atomic E-state index is 10.8. The summed E-state index contributed by atoms with van der Waals surface area (Å²) in [6.45, 7) is 0. The van der Waals surface area contributed by atoms with Crippen LogP contribution in [0.1, 0.15) is 6.42 Å². The van der Waals surface area contributed by atoms with Gasteiger partial charge in [-0.3, -0.25) is 14.5 Å². The van der Waals surface area contributed by atoms with Crippen LogP contribution in [0.15, 0.2) is 0 Å². The second kappa shape index (κ2) is 2.10. The number of imide groups is 1. The monoisotopic (exact) mass is 138 g/mol. The lowest BCUT2D eigenvalue weighted by atomic mass is 10.1. The van der Waals surface area contributed by atoms with Crippen LogP contribution in [0, 0.1) is 17.2 Å². The molecule has 52 valence electrons. The van der Waals surface area contributed by atoms with Crippen molar-refractivity contribution in [3.05, 3.63) is 0 Å². The highest BCUT2D eigenvalue weighted by atomic mass is 16.2. The molecular weight excluding hydrogens is 132 g/mol. The molecule has 0 saturated carbocycles. The average molecular weight is 138 g/mol. The third-order valence-electron chi connectivity index (χ3n) is 1.54. The van der Waals surface area contributed by atoms with E-state index in [9.17, 15) is 9.59 Å². The van der Waals surface area contributed by atoms with Crippen LogP contribution in [0.4, 0.5) is 0 Å². The van der Waals surface area contributed by atoms with E-state index in [-0.39, 0.29) is 18.2 Å². The molecule has 1 aliphatic rings. The zero-order valence-electron chi connectivity index (χ0n) is 5.50. The van der Waals surface area contributed by atoms with E-state index in [0.29, 0.717) is 0 Å². The highest BCUT2D eigenvalue weighted by molar-refractivity contribution is 6.04. The van der Waals surface area contributed by atoms with Crippen LogP contribution in [-0.2, 0) is 9.59 Å². The number of amides is 2. The van der Waals surface area contributed by atoms with Gasteiger partial charge < -0.3 is 0 Å². The number of likely N-dealkylation sites (tertiary alicyclic amines) is 1. The minimum absolute atomic E-state index is 0.0475. The molecule has 1 fully saturated rings. The molecule has 0 radical (unpaired) electrons. The van der Waals surface area contributed by atoms with Crippen molar-refractivity contribution in [2.75, 3.05) is 7.05 Å². The van der Waals surface area contributed by atoms with Crippen LogP contribution in [0.2, 0.25) is 0 Å². The molecule has 0 spiro atoms. The summed E-state index contributed by atoms with van der Waals surface area (Å²) in [6, 6.07) is 1.76. The summed E-state index contributed by atoms with van der Waals surface area (Å²) in [5.41, 5.74) is 0. The molecule has 1 rings (SSSR count). The van der Waals surface area contributed by atoms with E-state index in [1.54, 1.807) is 6.07 Å². The lowest BCUT2D eigenvalue weighted by Crippen LogP contribution is -2.25. The molecular formula is C6H6N2O2. The quantitative estimate of drug-likeness (QED) is 0.424. The smallest absolute Gasteiger partial charge is 0.246 e. The van der Waals surface area contributed by atoms with Crippen molar-refractivity contribution in [3.63, 3.8) is 0 Å². The van der Waals surface area contributed by atoms with Gasteiger partial charge in [-0.25, -0.2) is 0 Å². The first-order valence-electron chi connectivity index (χ1n) is 2.87. The number of carbonyl (C=O) groups is 2. The molecule has 2 amide bonds. The fourth-order valence-corrected chi connectivity index (χ4v) is 0.856. The van der Waals surface area contributed by atoms with Crippen LogP contribution in [0.3, 0.4) is 0 Å². The van der Waals surface area contributed by atoms with Crippen LogP contribution >= 0.6 is 0 Å². The Morgan fingerprint density at radius 3 is 2.50 bits per heavy atom. The maximum atomic E-state index is 10.8. The van der Waals surface area contributed by atoms with Crippen molar-refractivity contribution >= 4 is 11.8 Å². The Kier molecular flexibility index (Phi) is 1.42. The highest BCUT2D eigenvalue weighted by Crippen LogP contribution is 2.15. The topological polar surface area (TPSA) is 61.2 Å². The van der Waals surface area contributed by atoms with Crippen molar-refractivity contribution in [3.8, 4) is 6.07 Å². The third kappa shape index (κ3) is 0.760.